The zero-order valence-electron chi connectivity index (χ0n) is 9.91. The van der Waals surface area contributed by atoms with Crippen molar-refractivity contribution < 1.29 is 0 Å². The normalized spacial score (nSPS) is 12.9. The van der Waals surface area contributed by atoms with E-state index >= 15 is 0 Å². The van der Waals surface area contributed by atoms with E-state index in [1.165, 1.54) is 0 Å². The molecule has 1 unspecified atom stereocenters. The Labute approximate surface area is 91.3 Å². The van der Waals surface area contributed by atoms with Crippen LogP contribution >= 0.6 is 0 Å². The Bertz CT molecular complexity index is 320. The average Bonchev–Trinajstić information content (AvgIpc) is 2.13. The van der Waals surface area contributed by atoms with E-state index in [1.807, 2.05) is 19.9 Å². The molecule has 15 heavy (non-hydrogen) atoms. The molecule has 0 aromatic carbocycles. The first-order valence-corrected chi connectivity index (χ1v) is 5.34. The highest BCUT2D eigenvalue weighted by Gasteiger charge is 2.06. The van der Waals surface area contributed by atoms with Gasteiger partial charge in [-0.1, -0.05) is 13.8 Å². The summed E-state index contributed by atoms with van der Waals surface area (Å²) in [6.45, 7) is 8.84. The fourth-order valence-corrected chi connectivity index (χ4v) is 1.21. The number of hydrogen-bond acceptors (Lipinski definition) is 4. The molecule has 0 aliphatic carbocycles. The predicted octanol–water partition coefficient (Wildman–Crippen LogP) is 1.67. The fourth-order valence-electron chi connectivity index (χ4n) is 1.21. The SMILES string of the molecule is Cc1cc(NCC(C)N)nc(C(C)C)n1. The van der Waals surface area contributed by atoms with Gasteiger partial charge in [0.15, 0.2) is 0 Å². The Morgan fingerprint density at radius 2 is 2.00 bits per heavy atom. The predicted molar refractivity (Wildman–Crippen MR) is 63.0 cm³/mol. The van der Waals surface area contributed by atoms with Crippen LogP contribution in [0.2, 0.25) is 0 Å². The first-order valence-electron chi connectivity index (χ1n) is 5.34. The second-order valence-electron chi connectivity index (χ2n) is 4.27. The van der Waals surface area contributed by atoms with Crippen molar-refractivity contribution in [2.24, 2.45) is 5.73 Å². The molecular formula is C11H20N4. The van der Waals surface area contributed by atoms with Gasteiger partial charge in [-0.15, -0.1) is 0 Å². The third kappa shape index (κ3) is 3.83. The van der Waals surface area contributed by atoms with Crippen molar-refractivity contribution >= 4 is 5.82 Å². The van der Waals surface area contributed by atoms with Crippen LogP contribution in [0.4, 0.5) is 5.82 Å². The van der Waals surface area contributed by atoms with Gasteiger partial charge in [0, 0.05) is 30.3 Å². The second-order valence-corrected chi connectivity index (χ2v) is 4.27. The third-order valence-corrected chi connectivity index (χ3v) is 1.99. The molecule has 1 heterocycles. The van der Waals surface area contributed by atoms with E-state index in [-0.39, 0.29) is 6.04 Å². The summed E-state index contributed by atoms with van der Waals surface area (Å²) in [6.07, 6.45) is 0. The molecule has 0 aliphatic heterocycles. The Hall–Kier alpha value is -1.16. The van der Waals surface area contributed by atoms with Crippen LogP contribution in [0.1, 0.15) is 38.2 Å². The van der Waals surface area contributed by atoms with Gasteiger partial charge < -0.3 is 11.1 Å². The van der Waals surface area contributed by atoms with E-state index in [0.29, 0.717) is 5.92 Å². The van der Waals surface area contributed by atoms with E-state index in [4.69, 9.17) is 5.73 Å². The summed E-state index contributed by atoms with van der Waals surface area (Å²) in [5.41, 5.74) is 6.66. The molecular weight excluding hydrogens is 188 g/mol. The molecule has 4 heteroatoms. The van der Waals surface area contributed by atoms with E-state index in [2.05, 4.69) is 29.1 Å². The Morgan fingerprint density at radius 3 is 2.53 bits per heavy atom. The third-order valence-electron chi connectivity index (χ3n) is 1.99. The van der Waals surface area contributed by atoms with Crippen molar-refractivity contribution in [3.8, 4) is 0 Å². The Morgan fingerprint density at radius 1 is 1.33 bits per heavy atom. The number of rotatable bonds is 4. The first-order chi connectivity index (χ1) is 6.99. The summed E-state index contributed by atoms with van der Waals surface area (Å²) in [6, 6.07) is 2.07. The summed E-state index contributed by atoms with van der Waals surface area (Å²) in [5, 5.41) is 3.20. The topological polar surface area (TPSA) is 63.8 Å². The standard InChI is InChI=1S/C11H20N4/c1-7(2)11-14-9(4)5-10(15-11)13-6-8(3)12/h5,7-8H,6,12H2,1-4H3,(H,13,14,15). The van der Waals surface area contributed by atoms with Gasteiger partial charge >= 0.3 is 0 Å². The molecule has 1 rings (SSSR count). The highest BCUT2D eigenvalue weighted by Crippen LogP contribution is 2.13. The maximum absolute atomic E-state index is 5.67. The van der Waals surface area contributed by atoms with E-state index in [9.17, 15) is 0 Å². The largest absolute Gasteiger partial charge is 0.368 e. The van der Waals surface area contributed by atoms with Crippen molar-refractivity contribution in [2.75, 3.05) is 11.9 Å². The summed E-state index contributed by atoms with van der Waals surface area (Å²) in [4.78, 5) is 8.81. The maximum Gasteiger partial charge on any atom is 0.133 e. The highest BCUT2D eigenvalue weighted by molar-refractivity contribution is 5.36. The van der Waals surface area contributed by atoms with Gasteiger partial charge in [0.25, 0.3) is 0 Å². The molecule has 0 saturated carbocycles. The van der Waals surface area contributed by atoms with Crippen LogP contribution < -0.4 is 11.1 Å². The van der Waals surface area contributed by atoms with Crippen LogP contribution in [-0.4, -0.2) is 22.6 Å². The van der Waals surface area contributed by atoms with Gasteiger partial charge in [-0.05, 0) is 13.8 Å². The van der Waals surface area contributed by atoms with E-state index in [0.717, 1.165) is 23.9 Å². The Kier molecular flexibility index (Phi) is 4.03. The molecule has 3 N–H and O–H groups in total. The van der Waals surface area contributed by atoms with Crippen molar-refractivity contribution in [1.29, 1.82) is 0 Å². The van der Waals surface area contributed by atoms with Crippen LogP contribution in [0, 0.1) is 6.92 Å². The molecule has 4 nitrogen and oxygen atoms in total. The lowest BCUT2D eigenvalue weighted by Crippen LogP contribution is -2.25. The quantitative estimate of drug-likeness (QED) is 0.790. The summed E-state index contributed by atoms with van der Waals surface area (Å²) < 4.78 is 0. The summed E-state index contributed by atoms with van der Waals surface area (Å²) in [5.74, 6) is 2.09. The smallest absolute Gasteiger partial charge is 0.133 e. The molecule has 1 aromatic heterocycles. The number of aryl methyl sites for hydroxylation is 1. The van der Waals surface area contributed by atoms with Gasteiger partial charge in [-0.3, -0.25) is 0 Å². The van der Waals surface area contributed by atoms with E-state index < -0.39 is 0 Å². The molecule has 84 valence electrons. The maximum atomic E-state index is 5.67. The monoisotopic (exact) mass is 208 g/mol. The molecule has 1 aromatic rings. The van der Waals surface area contributed by atoms with Gasteiger partial charge in [0.05, 0.1) is 0 Å². The zero-order valence-corrected chi connectivity index (χ0v) is 9.91. The van der Waals surface area contributed by atoms with Crippen molar-refractivity contribution in [2.45, 2.75) is 39.7 Å². The molecule has 0 fully saturated rings. The number of nitrogens with zero attached hydrogens (tertiary/aromatic N) is 2. The average molecular weight is 208 g/mol. The lowest BCUT2D eigenvalue weighted by Gasteiger charge is -2.11. The lowest BCUT2D eigenvalue weighted by molar-refractivity contribution is 0.752. The number of nitrogens with two attached hydrogens (primary N) is 1. The summed E-state index contributed by atoms with van der Waals surface area (Å²) >= 11 is 0. The summed E-state index contributed by atoms with van der Waals surface area (Å²) in [7, 11) is 0. The van der Waals surface area contributed by atoms with Crippen LogP contribution in [0.5, 0.6) is 0 Å². The second kappa shape index (κ2) is 5.07. The van der Waals surface area contributed by atoms with Gasteiger partial charge in [0.1, 0.15) is 11.6 Å². The van der Waals surface area contributed by atoms with Crippen molar-refractivity contribution in [3.63, 3.8) is 0 Å². The number of aromatic nitrogens is 2. The minimum Gasteiger partial charge on any atom is -0.368 e. The molecule has 0 saturated heterocycles. The Balaban J connectivity index is 2.79. The van der Waals surface area contributed by atoms with Gasteiger partial charge in [-0.2, -0.15) is 0 Å². The molecule has 1 atom stereocenters. The number of hydrogen-bond donors (Lipinski definition) is 2. The first kappa shape index (κ1) is 11.9. The molecule has 0 aliphatic rings. The lowest BCUT2D eigenvalue weighted by atomic mass is 10.2. The molecule has 0 radical (unpaired) electrons. The van der Waals surface area contributed by atoms with Gasteiger partial charge in [0.2, 0.25) is 0 Å². The minimum absolute atomic E-state index is 0.128. The number of anilines is 1. The molecule has 0 bridgehead atoms. The number of nitrogens with one attached hydrogen (secondary N) is 1. The van der Waals surface area contributed by atoms with Crippen LogP contribution in [0.15, 0.2) is 6.07 Å². The van der Waals surface area contributed by atoms with Crippen LogP contribution in [0.3, 0.4) is 0 Å². The zero-order chi connectivity index (χ0) is 11.4. The molecule has 0 amide bonds. The fraction of sp³-hybridized carbons (Fsp3) is 0.636. The van der Waals surface area contributed by atoms with E-state index in [1.54, 1.807) is 0 Å². The highest BCUT2D eigenvalue weighted by atomic mass is 15.0. The van der Waals surface area contributed by atoms with Crippen LogP contribution in [-0.2, 0) is 0 Å². The van der Waals surface area contributed by atoms with Crippen LogP contribution in [0.25, 0.3) is 0 Å². The minimum atomic E-state index is 0.128. The van der Waals surface area contributed by atoms with Gasteiger partial charge in [-0.25, -0.2) is 9.97 Å². The van der Waals surface area contributed by atoms with Crippen molar-refractivity contribution in [3.05, 3.63) is 17.6 Å². The van der Waals surface area contributed by atoms with Crippen molar-refractivity contribution in [1.82, 2.24) is 9.97 Å². The molecule has 0 spiro atoms.